The zero-order valence-corrected chi connectivity index (χ0v) is 9.62. The number of hydrogen-bond acceptors (Lipinski definition) is 2. The molecule has 2 heteroatoms. The maximum absolute atomic E-state index is 3.56. The summed E-state index contributed by atoms with van der Waals surface area (Å²) >= 11 is 2.18. The molecular formula is C11H21NS. The minimum atomic E-state index is 0.769. The third-order valence-electron chi connectivity index (χ3n) is 3.84. The Morgan fingerprint density at radius 3 is 3.00 bits per heavy atom. The van der Waals surface area contributed by atoms with Gasteiger partial charge in [-0.05, 0) is 49.4 Å². The quantitative estimate of drug-likeness (QED) is 0.698. The van der Waals surface area contributed by atoms with Crippen LogP contribution in [0.25, 0.3) is 0 Å². The lowest BCUT2D eigenvalue weighted by molar-refractivity contribution is 0.441. The Morgan fingerprint density at radius 1 is 1.54 bits per heavy atom. The van der Waals surface area contributed by atoms with Crippen LogP contribution in [0.15, 0.2) is 0 Å². The average Bonchev–Trinajstić information content (AvgIpc) is 2.69. The van der Waals surface area contributed by atoms with Crippen molar-refractivity contribution >= 4 is 11.8 Å². The van der Waals surface area contributed by atoms with Crippen LogP contribution in [-0.2, 0) is 0 Å². The highest BCUT2D eigenvalue weighted by Gasteiger charge is 2.58. The first-order valence-electron chi connectivity index (χ1n) is 5.62. The summed E-state index contributed by atoms with van der Waals surface area (Å²) in [5.41, 5.74) is 0.769. The monoisotopic (exact) mass is 199 g/mol. The normalized spacial score (nSPS) is 42.9. The van der Waals surface area contributed by atoms with E-state index in [0.717, 1.165) is 16.6 Å². The molecule has 13 heavy (non-hydrogen) atoms. The molecule has 0 aromatic heterocycles. The lowest BCUT2D eigenvalue weighted by Crippen LogP contribution is -2.22. The summed E-state index contributed by atoms with van der Waals surface area (Å²) in [5.74, 6) is 2.41. The third kappa shape index (κ3) is 1.75. The third-order valence-corrected chi connectivity index (χ3v) is 5.25. The highest BCUT2D eigenvalue weighted by atomic mass is 32.2. The molecule has 3 unspecified atom stereocenters. The molecule has 0 amide bonds. The molecular weight excluding hydrogens is 178 g/mol. The number of hydrogen-bond donors (Lipinski definition) is 1. The molecule has 76 valence electrons. The Morgan fingerprint density at radius 2 is 2.38 bits per heavy atom. The average molecular weight is 199 g/mol. The summed E-state index contributed by atoms with van der Waals surface area (Å²) in [6, 6.07) is 0. The first-order chi connectivity index (χ1) is 6.29. The molecule has 1 nitrogen and oxygen atoms in total. The molecule has 1 spiro atoms. The van der Waals surface area contributed by atoms with Crippen LogP contribution in [-0.4, -0.2) is 24.1 Å². The number of thioether (sulfide) groups is 1. The van der Waals surface area contributed by atoms with Gasteiger partial charge in [0.25, 0.3) is 0 Å². The molecule has 2 fully saturated rings. The highest BCUT2D eigenvalue weighted by Crippen LogP contribution is 2.64. The van der Waals surface area contributed by atoms with E-state index in [4.69, 9.17) is 0 Å². The zero-order chi connectivity index (χ0) is 9.31. The molecule has 3 atom stereocenters. The summed E-state index contributed by atoms with van der Waals surface area (Å²) in [4.78, 5) is 0. The Kier molecular flexibility index (Phi) is 2.89. The standard InChI is InChI=1S/C11H21NS/c1-3-5-12-8-10-7-11(10)4-6-13-9(11)2/h9-10,12H,3-8H2,1-2H3. The van der Waals surface area contributed by atoms with E-state index in [1.54, 1.807) is 0 Å². The molecule has 1 saturated carbocycles. The van der Waals surface area contributed by atoms with E-state index in [1.165, 1.54) is 38.1 Å². The second kappa shape index (κ2) is 3.82. The van der Waals surface area contributed by atoms with Gasteiger partial charge >= 0.3 is 0 Å². The Balaban J connectivity index is 1.74. The van der Waals surface area contributed by atoms with E-state index in [1.807, 2.05) is 0 Å². The molecule has 2 rings (SSSR count). The van der Waals surface area contributed by atoms with Crippen LogP contribution in [0, 0.1) is 11.3 Å². The fourth-order valence-corrected chi connectivity index (χ4v) is 4.32. The van der Waals surface area contributed by atoms with Crippen molar-refractivity contribution in [2.24, 2.45) is 11.3 Å². The second-order valence-corrected chi connectivity index (χ2v) is 6.05. The molecule has 0 aromatic carbocycles. The molecule has 1 saturated heterocycles. The lowest BCUT2D eigenvalue weighted by Gasteiger charge is -2.14. The molecule has 0 radical (unpaired) electrons. The fourth-order valence-electron chi connectivity index (χ4n) is 2.73. The minimum absolute atomic E-state index is 0.769. The molecule has 1 heterocycles. The summed E-state index contributed by atoms with van der Waals surface area (Å²) in [6.45, 7) is 7.15. The summed E-state index contributed by atoms with van der Waals surface area (Å²) < 4.78 is 0. The van der Waals surface area contributed by atoms with Crippen LogP contribution in [0.4, 0.5) is 0 Å². The number of nitrogens with one attached hydrogen (secondary N) is 1. The predicted octanol–water partition coefficient (Wildman–Crippen LogP) is 2.52. The van der Waals surface area contributed by atoms with Crippen LogP contribution < -0.4 is 5.32 Å². The maximum Gasteiger partial charge on any atom is 0.00787 e. The van der Waals surface area contributed by atoms with Crippen molar-refractivity contribution in [3.63, 3.8) is 0 Å². The minimum Gasteiger partial charge on any atom is -0.316 e. The Hall–Kier alpha value is 0.310. The van der Waals surface area contributed by atoms with Crippen LogP contribution >= 0.6 is 11.8 Å². The van der Waals surface area contributed by atoms with Gasteiger partial charge in [0, 0.05) is 5.25 Å². The smallest absolute Gasteiger partial charge is 0.00787 e. The molecule has 1 aliphatic heterocycles. The molecule has 2 aliphatic rings. The Labute approximate surface area is 86.0 Å². The van der Waals surface area contributed by atoms with Crippen molar-refractivity contribution in [1.29, 1.82) is 0 Å². The van der Waals surface area contributed by atoms with Crippen LogP contribution in [0.2, 0.25) is 0 Å². The highest BCUT2D eigenvalue weighted by molar-refractivity contribution is 8.00. The van der Waals surface area contributed by atoms with Crippen molar-refractivity contribution < 1.29 is 0 Å². The van der Waals surface area contributed by atoms with E-state index in [9.17, 15) is 0 Å². The van der Waals surface area contributed by atoms with Crippen LogP contribution in [0.3, 0.4) is 0 Å². The molecule has 1 aliphatic carbocycles. The predicted molar refractivity (Wildman–Crippen MR) is 60.2 cm³/mol. The van der Waals surface area contributed by atoms with E-state index in [0.29, 0.717) is 0 Å². The van der Waals surface area contributed by atoms with Gasteiger partial charge in [0.2, 0.25) is 0 Å². The van der Waals surface area contributed by atoms with Gasteiger partial charge in [-0.1, -0.05) is 13.8 Å². The topological polar surface area (TPSA) is 12.0 Å². The van der Waals surface area contributed by atoms with E-state index >= 15 is 0 Å². The van der Waals surface area contributed by atoms with E-state index in [-0.39, 0.29) is 0 Å². The number of rotatable bonds is 4. The summed E-state index contributed by atoms with van der Waals surface area (Å²) in [5, 5.41) is 4.49. The van der Waals surface area contributed by atoms with Crippen molar-refractivity contribution in [2.75, 3.05) is 18.8 Å². The van der Waals surface area contributed by atoms with Crippen molar-refractivity contribution in [1.82, 2.24) is 5.32 Å². The summed E-state index contributed by atoms with van der Waals surface area (Å²) in [7, 11) is 0. The first kappa shape index (κ1) is 9.85. The van der Waals surface area contributed by atoms with Crippen LogP contribution in [0.5, 0.6) is 0 Å². The molecule has 0 bridgehead atoms. The van der Waals surface area contributed by atoms with Crippen molar-refractivity contribution in [2.45, 2.75) is 38.4 Å². The van der Waals surface area contributed by atoms with Crippen molar-refractivity contribution in [3.8, 4) is 0 Å². The van der Waals surface area contributed by atoms with E-state index in [2.05, 4.69) is 30.9 Å². The van der Waals surface area contributed by atoms with Gasteiger partial charge in [-0.15, -0.1) is 0 Å². The van der Waals surface area contributed by atoms with E-state index < -0.39 is 0 Å². The van der Waals surface area contributed by atoms with Gasteiger partial charge in [0.05, 0.1) is 0 Å². The first-order valence-corrected chi connectivity index (χ1v) is 6.67. The largest absolute Gasteiger partial charge is 0.316 e. The molecule has 1 N–H and O–H groups in total. The van der Waals surface area contributed by atoms with Gasteiger partial charge in [-0.25, -0.2) is 0 Å². The second-order valence-electron chi connectivity index (χ2n) is 4.60. The van der Waals surface area contributed by atoms with Gasteiger partial charge in [0.15, 0.2) is 0 Å². The maximum atomic E-state index is 3.56. The van der Waals surface area contributed by atoms with Crippen LogP contribution in [0.1, 0.15) is 33.1 Å². The summed E-state index contributed by atoms with van der Waals surface area (Å²) in [6.07, 6.45) is 4.25. The van der Waals surface area contributed by atoms with Gasteiger partial charge < -0.3 is 5.32 Å². The van der Waals surface area contributed by atoms with Crippen molar-refractivity contribution in [3.05, 3.63) is 0 Å². The fraction of sp³-hybridized carbons (Fsp3) is 1.00. The Bertz CT molecular complexity index is 183. The SMILES string of the molecule is CCCNCC1CC12CCSC2C. The zero-order valence-electron chi connectivity index (χ0n) is 8.81. The van der Waals surface area contributed by atoms with Gasteiger partial charge in [0.1, 0.15) is 0 Å². The van der Waals surface area contributed by atoms with Gasteiger partial charge in [-0.3, -0.25) is 0 Å². The molecule has 0 aromatic rings. The van der Waals surface area contributed by atoms with Gasteiger partial charge in [-0.2, -0.15) is 11.8 Å². The lowest BCUT2D eigenvalue weighted by atomic mass is 9.97.